The molecule has 0 unspecified atom stereocenters. The lowest BCUT2D eigenvalue weighted by atomic mass is 10.1. The van der Waals surface area contributed by atoms with Gasteiger partial charge in [-0.1, -0.05) is 11.6 Å². The van der Waals surface area contributed by atoms with Crippen molar-refractivity contribution >= 4 is 17.4 Å². The molecule has 0 heterocycles. The first-order valence-electron chi connectivity index (χ1n) is 4.51. The molecule has 0 aliphatic heterocycles. The number of carbonyl (C=O) groups is 1. The number of halogens is 1. The molecule has 0 spiro atoms. The summed E-state index contributed by atoms with van der Waals surface area (Å²) >= 11 is 5.77. The highest BCUT2D eigenvalue weighted by Crippen LogP contribution is 2.24. The third kappa shape index (κ3) is 2.97. The third-order valence-corrected chi connectivity index (χ3v) is 2.02. The molecule has 0 radical (unpaired) electrons. The highest BCUT2D eigenvalue weighted by molar-refractivity contribution is 6.31. The summed E-state index contributed by atoms with van der Waals surface area (Å²) in [7, 11) is 0. The Balaban J connectivity index is 3.07. The van der Waals surface area contributed by atoms with Crippen molar-refractivity contribution < 1.29 is 9.53 Å². The van der Waals surface area contributed by atoms with E-state index in [2.05, 4.69) is 0 Å². The summed E-state index contributed by atoms with van der Waals surface area (Å²) in [6.07, 6.45) is -0.166. The molecule has 0 saturated carbocycles. The van der Waals surface area contributed by atoms with Gasteiger partial charge < -0.3 is 4.74 Å². The number of nitrogens with zero attached hydrogens (tertiary/aromatic N) is 1. The minimum Gasteiger partial charge on any atom is -0.493 e. The number of carbonyl (C=O) groups excluding carboxylic acids is 1. The van der Waals surface area contributed by atoms with Crippen LogP contribution in [0, 0.1) is 11.3 Å². The van der Waals surface area contributed by atoms with Crippen molar-refractivity contribution in [3.8, 4) is 11.8 Å². The summed E-state index contributed by atoms with van der Waals surface area (Å²) in [5, 5.41) is 8.90. The number of hydrogen-bond donors (Lipinski definition) is 0. The molecule has 0 amide bonds. The minimum absolute atomic E-state index is 0.166. The van der Waals surface area contributed by atoms with E-state index >= 15 is 0 Å². The molecule has 0 atom stereocenters. The van der Waals surface area contributed by atoms with E-state index < -0.39 is 0 Å². The highest BCUT2D eigenvalue weighted by atomic mass is 35.5. The van der Waals surface area contributed by atoms with Crippen LogP contribution in [0.4, 0.5) is 0 Å². The second kappa shape index (κ2) is 5.38. The minimum atomic E-state index is -0.275. The third-order valence-electron chi connectivity index (χ3n) is 1.78. The van der Waals surface area contributed by atoms with Crippen LogP contribution >= 0.6 is 11.6 Å². The Morgan fingerprint density at radius 3 is 2.93 bits per heavy atom. The zero-order valence-corrected chi connectivity index (χ0v) is 9.04. The molecular formula is C11H10ClNO2. The van der Waals surface area contributed by atoms with Crippen LogP contribution in [0.5, 0.6) is 5.75 Å². The number of benzene rings is 1. The number of rotatable bonds is 4. The maximum absolute atomic E-state index is 11.5. The quantitative estimate of drug-likeness (QED) is 0.738. The molecule has 0 saturated heterocycles. The van der Waals surface area contributed by atoms with Crippen LogP contribution in [0.15, 0.2) is 18.2 Å². The number of hydrogen-bond acceptors (Lipinski definition) is 3. The summed E-state index contributed by atoms with van der Waals surface area (Å²) in [5.74, 6) is 0.200. The van der Waals surface area contributed by atoms with Gasteiger partial charge in [-0.05, 0) is 25.1 Å². The topological polar surface area (TPSA) is 50.1 Å². The molecule has 15 heavy (non-hydrogen) atoms. The fourth-order valence-corrected chi connectivity index (χ4v) is 1.34. The van der Waals surface area contributed by atoms with E-state index in [1.54, 1.807) is 18.2 Å². The van der Waals surface area contributed by atoms with Gasteiger partial charge in [0.25, 0.3) is 0 Å². The zero-order valence-electron chi connectivity index (χ0n) is 8.29. The van der Waals surface area contributed by atoms with Crippen LogP contribution in [-0.2, 0) is 0 Å². The lowest BCUT2D eigenvalue weighted by molar-refractivity contribution is 0.0994. The van der Waals surface area contributed by atoms with Crippen LogP contribution in [0.25, 0.3) is 0 Å². The summed E-state index contributed by atoms with van der Waals surface area (Å²) in [5.41, 5.74) is 0.367. The van der Waals surface area contributed by atoms with Crippen molar-refractivity contribution in [3.05, 3.63) is 28.8 Å². The maximum atomic E-state index is 11.5. The smallest absolute Gasteiger partial charge is 0.180 e. The van der Waals surface area contributed by atoms with Crippen LogP contribution in [0.1, 0.15) is 23.7 Å². The van der Waals surface area contributed by atoms with Gasteiger partial charge >= 0.3 is 0 Å². The molecule has 0 aliphatic rings. The van der Waals surface area contributed by atoms with E-state index in [1.165, 1.54) is 6.07 Å². The van der Waals surface area contributed by atoms with Gasteiger partial charge in [0, 0.05) is 5.02 Å². The van der Waals surface area contributed by atoms with Crippen LogP contribution < -0.4 is 4.74 Å². The Morgan fingerprint density at radius 2 is 2.33 bits per heavy atom. The first kappa shape index (κ1) is 11.5. The average Bonchev–Trinajstić information content (AvgIpc) is 2.21. The highest BCUT2D eigenvalue weighted by Gasteiger charge is 2.12. The van der Waals surface area contributed by atoms with Gasteiger partial charge in [0.1, 0.15) is 5.75 Å². The lowest BCUT2D eigenvalue weighted by Crippen LogP contribution is -2.03. The number of ketones is 1. The Bertz CT molecular complexity index is 410. The normalized spacial score (nSPS) is 9.40. The fraction of sp³-hybridized carbons (Fsp3) is 0.273. The Hall–Kier alpha value is -1.53. The molecule has 0 bridgehead atoms. The second-order valence-electron chi connectivity index (χ2n) is 2.83. The summed E-state index contributed by atoms with van der Waals surface area (Å²) < 4.78 is 5.27. The molecule has 4 heteroatoms. The van der Waals surface area contributed by atoms with E-state index in [4.69, 9.17) is 21.6 Å². The van der Waals surface area contributed by atoms with Gasteiger partial charge in [-0.3, -0.25) is 4.79 Å². The molecule has 0 aromatic heterocycles. The molecular weight excluding hydrogens is 214 g/mol. The molecule has 0 N–H and O–H groups in total. The number of Topliss-reactive ketones (excluding diaryl/α,β-unsaturated/α-hetero) is 1. The molecule has 1 aromatic rings. The first-order chi connectivity index (χ1) is 7.19. The molecule has 1 rings (SSSR count). The van der Waals surface area contributed by atoms with E-state index in [-0.39, 0.29) is 12.2 Å². The summed E-state index contributed by atoms with van der Waals surface area (Å²) in [4.78, 5) is 11.5. The predicted octanol–water partition coefficient (Wildman–Crippen LogP) is 2.84. The number of ether oxygens (including phenoxy) is 1. The SMILES string of the molecule is CCOc1ccc(Cl)cc1C(=O)CC#N. The Morgan fingerprint density at radius 1 is 1.60 bits per heavy atom. The van der Waals surface area contributed by atoms with E-state index in [0.717, 1.165) is 0 Å². The maximum Gasteiger partial charge on any atom is 0.180 e. The standard InChI is InChI=1S/C11H10ClNO2/c1-2-15-11-4-3-8(12)7-9(11)10(14)5-6-13/h3-4,7H,2,5H2,1H3. The van der Waals surface area contributed by atoms with Crippen LogP contribution in [-0.4, -0.2) is 12.4 Å². The van der Waals surface area contributed by atoms with Crippen LogP contribution in [0.2, 0.25) is 5.02 Å². The van der Waals surface area contributed by atoms with E-state index in [0.29, 0.717) is 22.9 Å². The van der Waals surface area contributed by atoms with Gasteiger partial charge in [-0.2, -0.15) is 5.26 Å². The molecule has 0 aliphatic carbocycles. The largest absolute Gasteiger partial charge is 0.493 e. The molecule has 0 fully saturated rings. The Kier molecular flexibility index (Phi) is 4.14. The van der Waals surface area contributed by atoms with Gasteiger partial charge in [0.2, 0.25) is 0 Å². The Labute approximate surface area is 93.2 Å². The lowest BCUT2D eigenvalue weighted by Gasteiger charge is -2.08. The van der Waals surface area contributed by atoms with Gasteiger partial charge in [0.05, 0.1) is 24.7 Å². The van der Waals surface area contributed by atoms with E-state index in [9.17, 15) is 4.79 Å². The van der Waals surface area contributed by atoms with Crippen molar-refractivity contribution in [1.82, 2.24) is 0 Å². The first-order valence-corrected chi connectivity index (χ1v) is 4.89. The summed E-state index contributed by atoms with van der Waals surface area (Å²) in [6, 6.07) is 6.61. The van der Waals surface area contributed by atoms with Crippen molar-refractivity contribution in [2.45, 2.75) is 13.3 Å². The van der Waals surface area contributed by atoms with Crippen molar-refractivity contribution in [1.29, 1.82) is 5.26 Å². The molecule has 3 nitrogen and oxygen atoms in total. The van der Waals surface area contributed by atoms with Crippen molar-refractivity contribution in [2.75, 3.05) is 6.61 Å². The van der Waals surface area contributed by atoms with Gasteiger partial charge in [-0.25, -0.2) is 0 Å². The van der Waals surface area contributed by atoms with Crippen molar-refractivity contribution in [2.24, 2.45) is 0 Å². The van der Waals surface area contributed by atoms with Gasteiger partial charge in [0.15, 0.2) is 5.78 Å². The fourth-order valence-electron chi connectivity index (χ4n) is 1.17. The number of nitriles is 1. The second-order valence-corrected chi connectivity index (χ2v) is 3.27. The van der Waals surface area contributed by atoms with Gasteiger partial charge in [-0.15, -0.1) is 0 Å². The monoisotopic (exact) mass is 223 g/mol. The predicted molar refractivity (Wildman–Crippen MR) is 57.2 cm³/mol. The van der Waals surface area contributed by atoms with Crippen molar-refractivity contribution in [3.63, 3.8) is 0 Å². The molecule has 1 aromatic carbocycles. The molecule has 78 valence electrons. The van der Waals surface area contributed by atoms with Crippen LogP contribution in [0.3, 0.4) is 0 Å². The summed E-state index contributed by atoms with van der Waals surface area (Å²) in [6.45, 7) is 2.29. The van der Waals surface area contributed by atoms with E-state index in [1.807, 2.05) is 6.92 Å². The average molecular weight is 224 g/mol. The zero-order chi connectivity index (χ0) is 11.3.